The molecule has 0 bridgehead atoms. The Bertz CT molecular complexity index is 1090. The molecule has 220 valence electrons. The number of nitriles is 1. The van der Waals surface area contributed by atoms with Crippen LogP contribution in [0.2, 0.25) is 0 Å². The lowest BCUT2D eigenvalue weighted by molar-refractivity contribution is 0.0106. The third-order valence-corrected chi connectivity index (χ3v) is 7.58. The average molecular weight is 558 g/mol. The van der Waals surface area contributed by atoms with Gasteiger partial charge in [-0.15, -0.1) is 0 Å². The Kier molecular flexibility index (Phi) is 14.3. The van der Waals surface area contributed by atoms with E-state index in [4.69, 9.17) is 24.2 Å². The number of unbranched alkanes of at least 4 members (excludes halogenated alkanes) is 9. The zero-order chi connectivity index (χ0) is 29.2. The Morgan fingerprint density at radius 3 is 1.44 bits per heavy atom. The van der Waals surface area contributed by atoms with Crippen LogP contribution in [-0.2, 0) is 15.1 Å². The van der Waals surface area contributed by atoms with Crippen LogP contribution in [0.25, 0.3) is 0 Å². The van der Waals surface area contributed by atoms with E-state index in [2.05, 4.69) is 54.6 Å². The van der Waals surface area contributed by atoms with E-state index in [1.54, 1.807) is 21.1 Å². The third kappa shape index (κ3) is 9.92. The highest BCUT2D eigenvalue weighted by Crippen LogP contribution is 2.41. The van der Waals surface area contributed by atoms with E-state index in [-0.39, 0.29) is 6.10 Å². The van der Waals surface area contributed by atoms with Gasteiger partial charge in [0, 0.05) is 13.2 Å². The Morgan fingerprint density at radius 1 is 0.585 bits per heavy atom. The highest BCUT2D eigenvalue weighted by atomic mass is 16.5. The molecule has 0 saturated carbocycles. The molecule has 3 aromatic rings. The topological polar surface area (TPSA) is 60.7 Å². The fourth-order valence-corrected chi connectivity index (χ4v) is 5.22. The molecular weight excluding hydrogens is 510 g/mol. The number of nitrogens with zero attached hydrogens (tertiary/aromatic N) is 1. The molecule has 5 nitrogen and oxygen atoms in total. The van der Waals surface area contributed by atoms with Gasteiger partial charge in [0.05, 0.1) is 20.3 Å². The van der Waals surface area contributed by atoms with Crippen LogP contribution in [0.4, 0.5) is 0 Å². The van der Waals surface area contributed by atoms with E-state index >= 15 is 0 Å². The summed E-state index contributed by atoms with van der Waals surface area (Å²) in [4.78, 5) is 0. The molecule has 0 heterocycles. The second-order valence-electron chi connectivity index (χ2n) is 10.5. The Hall–Kier alpha value is -3.33. The smallest absolute Gasteiger partial charge is 0.143 e. The zero-order valence-corrected chi connectivity index (χ0v) is 25.1. The summed E-state index contributed by atoms with van der Waals surface area (Å²) in [5.74, 6) is 1.65. The van der Waals surface area contributed by atoms with Crippen molar-refractivity contribution in [2.75, 3.05) is 27.4 Å². The zero-order valence-electron chi connectivity index (χ0n) is 25.1. The van der Waals surface area contributed by atoms with Crippen LogP contribution >= 0.6 is 0 Å². The van der Waals surface area contributed by atoms with Gasteiger partial charge >= 0.3 is 0 Å². The van der Waals surface area contributed by atoms with E-state index in [0.29, 0.717) is 13.2 Å². The maximum atomic E-state index is 8.75. The van der Waals surface area contributed by atoms with Gasteiger partial charge in [-0.1, -0.05) is 106 Å². The lowest BCUT2D eigenvalue weighted by Crippen LogP contribution is -2.33. The number of rotatable bonds is 20. The van der Waals surface area contributed by atoms with Gasteiger partial charge < -0.3 is 18.9 Å². The summed E-state index contributed by atoms with van der Waals surface area (Å²) in [6.45, 7) is 3.16. The summed E-state index contributed by atoms with van der Waals surface area (Å²) < 4.78 is 23.2. The van der Waals surface area contributed by atoms with Gasteiger partial charge in [0.25, 0.3) is 0 Å². The van der Waals surface area contributed by atoms with E-state index in [0.717, 1.165) is 47.5 Å². The van der Waals surface area contributed by atoms with E-state index in [1.165, 1.54) is 44.9 Å². The van der Waals surface area contributed by atoms with Gasteiger partial charge in [-0.25, -0.2) is 0 Å². The Morgan fingerprint density at radius 2 is 1.00 bits per heavy atom. The van der Waals surface area contributed by atoms with Crippen LogP contribution in [0.15, 0.2) is 78.9 Å². The van der Waals surface area contributed by atoms with Crippen molar-refractivity contribution in [2.24, 2.45) is 0 Å². The van der Waals surface area contributed by atoms with Gasteiger partial charge in [0.15, 0.2) is 0 Å². The standard InChI is InChI=1S/C36H47NO4/c1-30(29-37)40-27-15-10-8-6-4-5-7-9-11-16-28-41-36(31-17-13-12-14-18-31,32-19-23-34(38-2)24-20-32)33-21-25-35(39-3)26-22-33/h12-14,17-26,30H,4-11,15-16,27-28H2,1-3H3. The van der Waals surface area contributed by atoms with Gasteiger partial charge in [-0.2, -0.15) is 5.26 Å². The first-order valence-electron chi connectivity index (χ1n) is 15.1. The van der Waals surface area contributed by atoms with E-state index < -0.39 is 5.60 Å². The second kappa shape index (κ2) is 18.2. The SMILES string of the molecule is COc1ccc(C(OCCCCCCCCCCCCOC(C)C#N)(c2ccccc2)c2ccc(OC)cc2)cc1. The molecule has 0 saturated heterocycles. The minimum absolute atomic E-state index is 0.292. The molecule has 1 unspecified atom stereocenters. The number of hydrogen-bond donors (Lipinski definition) is 0. The predicted molar refractivity (Wildman–Crippen MR) is 165 cm³/mol. The van der Waals surface area contributed by atoms with Crippen LogP contribution < -0.4 is 9.47 Å². The molecule has 0 fully saturated rings. The molecule has 1 atom stereocenters. The summed E-state index contributed by atoms with van der Waals surface area (Å²) in [6.07, 6.45) is 11.7. The van der Waals surface area contributed by atoms with Crippen molar-refractivity contribution in [1.82, 2.24) is 0 Å². The lowest BCUT2D eigenvalue weighted by atomic mass is 9.80. The fourth-order valence-electron chi connectivity index (χ4n) is 5.22. The highest BCUT2D eigenvalue weighted by molar-refractivity contribution is 5.49. The molecule has 0 aliphatic carbocycles. The molecule has 0 spiro atoms. The maximum absolute atomic E-state index is 8.75. The van der Waals surface area contributed by atoms with Gasteiger partial charge in [0.2, 0.25) is 0 Å². The number of ether oxygens (including phenoxy) is 4. The third-order valence-electron chi connectivity index (χ3n) is 7.58. The highest BCUT2D eigenvalue weighted by Gasteiger charge is 2.37. The minimum Gasteiger partial charge on any atom is -0.497 e. The normalized spacial score (nSPS) is 12.0. The van der Waals surface area contributed by atoms with Crippen LogP contribution in [-0.4, -0.2) is 33.5 Å². The van der Waals surface area contributed by atoms with Crippen LogP contribution in [0.1, 0.15) is 87.8 Å². The van der Waals surface area contributed by atoms with Crippen LogP contribution in [0.3, 0.4) is 0 Å². The molecule has 0 N–H and O–H groups in total. The summed E-state index contributed by atoms with van der Waals surface area (Å²) in [6, 6.07) is 29.0. The molecule has 0 aliphatic rings. The summed E-state index contributed by atoms with van der Waals surface area (Å²) in [5.41, 5.74) is 2.50. The van der Waals surface area contributed by atoms with Crippen molar-refractivity contribution in [3.63, 3.8) is 0 Å². The monoisotopic (exact) mass is 557 g/mol. The minimum atomic E-state index is -0.739. The fraction of sp³-hybridized carbons (Fsp3) is 0.472. The first kappa shape index (κ1) is 32.2. The molecule has 0 radical (unpaired) electrons. The summed E-state index contributed by atoms with van der Waals surface area (Å²) >= 11 is 0. The average Bonchev–Trinajstić information content (AvgIpc) is 3.03. The second-order valence-corrected chi connectivity index (χ2v) is 10.5. The van der Waals surface area contributed by atoms with Crippen LogP contribution in [0.5, 0.6) is 11.5 Å². The number of methoxy groups -OCH3 is 2. The van der Waals surface area contributed by atoms with Crippen molar-refractivity contribution in [2.45, 2.75) is 82.8 Å². The first-order valence-corrected chi connectivity index (χ1v) is 15.1. The van der Waals surface area contributed by atoms with Crippen molar-refractivity contribution in [3.05, 3.63) is 95.6 Å². The molecule has 0 aliphatic heterocycles. The quantitative estimate of drug-likeness (QED) is 0.103. The van der Waals surface area contributed by atoms with Crippen molar-refractivity contribution in [1.29, 1.82) is 5.26 Å². The van der Waals surface area contributed by atoms with E-state index in [1.807, 2.05) is 30.3 Å². The Labute approximate surface area is 247 Å². The molecule has 3 rings (SSSR count). The number of hydrogen-bond acceptors (Lipinski definition) is 5. The van der Waals surface area contributed by atoms with Gasteiger partial charge in [-0.05, 0) is 60.7 Å². The van der Waals surface area contributed by atoms with E-state index in [9.17, 15) is 0 Å². The first-order chi connectivity index (χ1) is 20.1. The largest absolute Gasteiger partial charge is 0.497 e. The predicted octanol–water partition coefficient (Wildman–Crippen LogP) is 8.84. The van der Waals surface area contributed by atoms with Crippen molar-refractivity contribution < 1.29 is 18.9 Å². The molecule has 3 aromatic carbocycles. The maximum Gasteiger partial charge on any atom is 0.143 e. The van der Waals surface area contributed by atoms with Crippen molar-refractivity contribution >= 4 is 0 Å². The van der Waals surface area contributed by atoms with Gasteiger partial charge in [0.1, 0.15) is 23.2 Å². The number of benzene rings is 3. The molecule has 0 amide bonds. The molecule has 5 heteroatoms. The van der Waals surface area contributed by atoms with Crippen molar-refractivity contribution in [3.8, 4) is 17.6 Å². The molecule has 0 aromatic heterocycles. The summed E-state index contributed by atoms with van der Waals surface area (Å²) in [5, 5.41) is 8.75. The molecular formula is C36H47NO4. The summed E-state index contributed by atoms with van der Waals surface area (Å²) in [7, 11) is 3.38. The van der Waals surface area contributed by atoms with Crippen LogP contribution in [0, 0.1) is 11.3 Å². The lowest BCUT2D eigenvalue weighted by Gasteiger charge is -2.36. The molecule has 41 heavy (non-hydrogen) atoms. The van der Waals surface area contributed by atoms with Gasteiger partial charge in [-0.3, -0.25) is 0 Å². The Balaban J connectivity index is 1.54.